The van der Waals surface area contributed by atoms with E-state index in [1.807, 2.05) is 0 Å². The van der Waals surface area contributed by atoms with Gasteiger partial charge in [0.1, 0.15) is 0 Å². The Balaban J connectivity index is 4.96. The Bertz CT molecular complexity index is 215. The fourth-order valence-corrected chi connectivity index (χ4v) is 5.29. The van der Waals surface area contributed by atoms with Gasteiger partial charge in [-0.3, -0.25) is 0 Å². The molecule has 0 unspecified atom stereocenters. The number of rotatable bonds is 18. The maximum Gasteiger partial charge on any atom is 0.906 e. The molecule has 0 aromatic heterocycles. The van der Waals surface area contributed by atoms with Gasteiger partial charge in [0.2, 0.25) is 0 Å². The van der Waals surface area contributed by atoms with Crippen molar-refractivity contribution in [3.63, 3.8) is 0 Å². The molecule has 0 fully saturated rings. The second-order valence-electron chi connectivity index (χ2n) is 7.29. The van der Waals surface area contributed by atoms with Crippen molar-refractivity contribution in [3.05, 3.63) is 0 Å². The number of hydrogen-bond acceptors (Lipinski definition) is 3. The van der Waals surface area contributed by atoms with Gasteiger partial charge in [-0.05, 0) is 38.5 Å². The highest BCUT2D eigenvalue weighted by atomic mass is 27.3. The van der Waals surface area contributed by atoms with Crippen LogP contribution < -0.4 is 0 Å². The molecule has 0 aliphatic heterocycles. The molecule has 0 aromatic carbocycles. The molecule has 0 aliphatic rings. The quantitative estimate of drug-likeness (QED) is 0.244. The summed E-state index contributed by atoms with van der Waals surface area (Å²) in [6.07, 6.45) is 14.6. The van der Waals surface area contributed by atoms with Crippen molar-refractivity contribution in [2.75, 3.05) is 0 Å². The summed E-state index contributed by atoms with van der Waals surface area (Å²) in [6.45, 7) is 13.4. The Morgan fingerprint density at radius 1 is 0.440 bits per heavy atom. The summed E-state index contributed by atoms with van der Waals surface area (Å²) in [7, 11) is 0. The molecule has 0 spiro atoms. The van der Waals surface area contributed by atoms with Crippen molar-refractivity contribution in [1.82, 2.24) is 0 Å². The van der Waals surface area contributed by atoms with Crippen LogP contribution in [0.15, 0.2) is 0 Å². The van der Waals surface area contributed by atoms with E-state index in [2.05, 4.69) is 41.5 Å². The van der Waals surface area contributed by atoms with Crippen molar-refractivity contribution in [2.24, 2.45) is 0 Å². The van der Waals surface area contributed by atoms with Crippen LogP contribution >= 0.6 is 0 Å². The number of hydrogen-bond donors (Lipinski definition) is 0. The van der Waals surface area contributed by atoms with E-state index in [0.717, 1.165) is 77.0 Å². The van der Waals surface area contributed by atoms with Gasteiger partial charge in [-0.15, -0.1) is 0 Å². The van der Waals surface area contributed by atoms with Crippen LogP contribution in [-0.4, -0.2) is 33.5 Å². The van der Waals surface area contributed by atoms with E-state index < -0.39 is 15.1 Å². The molecule has 0 rings (SSSR count). The average Bonchev–Trinajstić information content (AvgIpc) is 2.56. The van der Waals surface area contributed by atoms with Crippen molar-refractivity contribution >= 4 is 15.1 Å². The summed E-state index contributed by atoms with van der Waals surface area (Å²) in [5, 5.41) is 0. The van der Waals surface area contributed by atoms with E-state index in [4.69, 9.17) is 11.4 Å². The molecule has 0 aliphatic carbocycles. The highest BCUT2D eigenvalue weighted by Crippen LogP contribution is 2.19. The zero-order valence-electron chi connectivity index (χ0n) is 18.0. The highest BCUT2D eigenvalue weighted by Gasteiger charge is 2.38. The second kappa shape index (κ2) is 17.8. The zero-order chi connectivity index (χ0) is 18.9. The van der Waals surface area contributed by atoms with Crippen molar-refractivity contribution in [3.8, 4) is 0 Å². The fourth-order valence-electron chi connectivity index (χ4n) is 3.34. The van der Waals surface area contributed by atoms with Crippen molar-refractivity contribution in [1.29, 1.82) is 0 Å². The first-order valence-electron chi connectivity index (χ1n) is 11.1. The van der Waals surface area contributed by atoms with E-state index in [0.29, 0.717) is 18.3 Å². The van der Waals surface area contributed by atoms with E-state index >= 15 is 0 Å². The molecule has 0 N–H and O–H groups in total. The van der Waals surface area contributed by atoms with Gasteiger partial charge in [0.25, 0.3) is 0 Å². The molecule has 25 heavy (non-hydrogen) atoms. The van der Waals surface area contributed by atoms with Crippen LogP contribution in [0, 0.1) is 0 Å². The van der Waals surface area contributed by atoms with Crippen molar-refractivity contribution in [2.45, 2.75) is 137 Å². The van der Waals surface area contributed by atoms with Gasteiger partial charge in [0.15, 0.2) is 0 Å². The monoisotopic (exact) mass is 372 g/mol. The zero-order valence-corrected chi connectivity index (χ0v) is 19.2. The summed E-state index contributed by atoms with van der Waals surface area (Å²) in [5.41, 5.74) is 0. The Labute approximate surface area is 163 Å². The average molecular weight is 373 g/mol. The van der Waals surface area contributed by atoms with Crippen molar-refractivity contribution < 1.29 is 11.4 Å². The summed E-state index contributed by atoms with van der Waals surface area (Å²) in [6, 6.07) is 0. The second-order valence-corrected chi connectivity index (χ2v) is 8.69. The Morgan fingerprint density at radius 2 is 0.640 bits per heavy atom. The molecule has 4 heteroatoms. The molecule has 0 saturated carbocycles. The summed E-state index contributed by atoms with van der Waals surface area (Å²) < 4.78 is 19.4. The molecule has 0 amide bonds. The van der Waals surface area contributed by atoms with E-state index in [-0.39, 0.29) is 0 Å². The van der Waals surface area contributed by atoms with Crippen LogP contribution in [0.5, 0.6) is 0 Å². The van der Waals surface area contributed by atoms with Crippen LogP contribution in [-0.2, 0) is 11.4 Å². The lowest BCUT2D eigenvalue weighted by molar-refractivity contribution is -0.00426. The molecular weight excluding hydrogens is 327 g/mol. The molecule has 150 valence electrons. The first kappa shape index (κ1) is 25.4. The lowest BCUT2D eigenvalue weighted by Gasteiger charge is -2.28. The van der Waals surface area contributed by atoms with Gasteiger partial charge in [-0.25, -0.2) is 0 Å². The Kier molecular flexibility index (Phi) is 18.1. The third kappa shape index (κ3) is 13.3. The van der Waals surface area contributed by atoms with Gasteiger partial charge >= 0.3 is 15.1 Å². The van der Waals surface area contributed by atoms with Gasteiger partial charge in [-0.2, -0.15) is 0 Å². The normalized spacial score (nSPS) is 11.9. The van der Waals surface area contributed by atoms with Crippen LogP contribution in [0.25, 0.3) is 0 Å². The molecule has 0 radical (unpaired) electrons. The first-order chi connectivity index (χ1) is 12.1. The topological polar surface area (TPSA) is 27.7 Å². The minimum absolute atomic E-state index is 0.305. The van der Waals surface area contributed by atoms with Crippen LogP contribution in [0.3, 0.4) is 0 Å². The van der Waals surface area contributed by atoms with Gasteiger partial charge in [-0.1, -0.05) is 80.1 Å². The maximum absolute atomic E-state index is 6.47. The predicted molar refractivity (Wildman–Crippen MR) is 110 cm³/mol. The lowest BCUT2D eigenvalue weighted by atomic mass is 10.1. The van der Waals surface area contributed by atoms with Gasteiger partial charge in [0.05, 0.1) is 0 Å². The summed E-state index contributed by atoms with van der Waals surface area (Å²) >= 11 is -2.10. The molecule has 0 heterocycles. The fraction of sp³-hybridized carbons (Fsp3) is 1.00. The van der Waals surface area contributed by atoms with E-state index in [9.17, 15) is 0 Å². The molecule has 0 aromatic rings. The Morgan fingerprint density at radius 3 is 0.800 bits per heavy atom. The van der Waals surface area contributed by atoms with Crippen LogP contribution in [0.4, 0.5) is 0 Å². The van der Waals surface area contributed by atoms with Gasteiger partial charge in [0, 0.05) is 18.3 Å². The summed E-state index contributed by atoms with van der Waals surface area (Å²) in [4.78, 5) is 0. The molecule has 3 nitrogen and oxygen atoms in total. The van der Waals surface area contributed by atoms with Gasteiger partial charge < -0.3 is 11.4 Å². The SMILES string of the molecule is CCCC(CCC)[O][Al]([O]C(CCC)CCC)[O]C(CCC)CCC. The third-order valence-corrected chi connectivity index (χ3v) is 6.40. The lowest BCUT2D eigenvalue weighted by Crippen LogP contribution is -2.39. The predicted octanol–water partition coefficient (Wildman–Crippen LogP) is 6.93. The minimum atomic E-state index is -2.10. The first-order valence-corrected chi connectivity index (χ1v) is 12.5. The smallest absolute Gasteiger partial charge is 0.452 e. The van der Waals surface area contributed by atoms with Crippen LogP contribution in [0.2, 0.25) is 0 Å². The highest BCUT2D eigenvalue weighted by molar-refractivity contribution is 6.36. The van der Waals surface area contributed by atoms with Crippen LogP contribution in [0.1, 0.15) is 119 Å². The molecular formula is C21H45AlO3. The molecule has 0 bridgehead atoms. The Hall–Kier alpha value is 0.412. The molecule has 0 saturated heterocycles. The third-order valence-electron chi connectivity index (χ3n) is 4.57. The standard InChI is InChI=1S/3C7H15O.Al/c3*1-3-5-7(8)6-4-2;/h3*7H,3-6H2,1-2H3;/q3*-1;+3. The maximum atomic E-state index is 6.47. The largest absolute Gasteiger partial charge is 0.906 e. The molecule has 0 atom stereocenters. The summed E-state index contributed by atoms with van der Waals surface area (Å²) in [5.74, 6) is 0. The van der Waals surface area contributed by atoms with E-state index in [1.54, 1.807) is 0 Å². The van der Waals surface area contributed by atoms with E-state index in [1.165, 1.54) is 0 Å². The minimum Gasteiger partial charge on any atom is -0.452 e.